The van der Waals surface area contributed by atoms with Crippen molar-refractivity contribution < 1.29 is 0 Å². The minimum absolute atomic E-state index is 0.136. The van der Waals surface area contributed by atoms with Crippen LogP contribution in [0.4, 0.5) is 0 Å². The fraction of sp³-hybridized carbons (Fsp3) is 0.161. The molecule has 0 bridgehead atoms. The van der Waals surface area contributed by atoms with E-state index >= 15 is 0 Å². The van der Waals surface area contributed by atoms with Gasteiger partial charge in [0.25, 0.3) is 11.1 Å². The molecule has 6 nitrogen and oxygen atoms in total. The molecule has 0 spiro atoms. The Hall–Kier alpha value is -4.58. The highest BCUT2D eigenvalue weighted by molar-refractivity contribution is 5.54. The van der Waals surface area contributed by atoms with Crippen LogP contribution in [0.2, 0.25) is 0 Å². The van der Waals surface area contributed by atoms with Gasteiger partial charge in [0.1, 0.15) is 0 Å². The maximum Gasteiger partial charge on any atom is 0.275 e. The average Bonchev–Trinajstić information content (AvgIpc) is 3.28. The van der Waals surface area contributed by atoms with Crippen LogP contribution >= 0.6 is 0 Å². The Balaban J connectivity index is 1.77. The summed E-state index contributed by atoms with van der Waals surface area (Å²) in [4.78, 5) is 28.0. The molecule has 0 saturated heterocycles. The largest absolute Gasteiger partial charge is 0.285 e. The molecule has 5 rings (SSSR count). The summed E-state index contributed by atoms with van der Waals surface area (Å²) >= 11 is 0. The Morgan fingerprint density at radius 1 is 0.595 bits per heavy atom. The first-order valence-corrected chi connectivity index (χ1v) is 12.3. The molecule has 5 aromatic rings. The van der Waals surface area contributed by atoms with Crippen molar-refractivity contribution in [2.45, 2.75) is 19.8 Å². The van der Waals surface area contributed by atoms with Crippen LogP contribution in [0.15, 0.2) is 107 Å². The van der Waals surface area contributed by atoms with E-state index in [0.29, 0.717) is 11.1 Å². The molecule has 0 atom stereocenters. The monoisotopic (exact) mass is 490 g/mol. The summed E-state index contributed by atoms with van der Waals surface area (Å²) in [6.07, 6.45) is 3.97. The van der Waals surface area contributed by atoms with Crippen molar-refractivity contribution in [1.29, 1.82) is 0 Å². The van der Waals surface area contributed by atoms with Gasteiger partial charge in [0.15, 0.2) is 0 Å². The van der Waals surface area contributed by atoms with E-state index in [-0.39, 0.29) is 11.1 Å². The van der Waals surface area contributed by atoms with Gasteiger partial charge in [-0.1, -0.05) is 78.9 Å². The van der Waals surface area contributed by atoms with E-state index in [1.807, 2.05) is 140 Å². The van der Waals surface area contributed by atoms with Crippen molar-refractivity contribution in [3.63, 3.8) is 0 Å². The van der Waals surface area contributed by atoms with E-state index in [2.05, 4.69) is 0 Å². The Morgan fingerprint density at radius 2 is 0.973 bits per heavy atom. The van der Waals surface area contributed by atoms with Crippen LogP contribution in [0.1, 0.15) is 34.0 Å². The number of nitrogens with zero attached hydrogens (tertiary/aromatic N) is 4. The van der Waals surface area contributed by atoms with Gasteiger partial charge < -0.3 is 0 Å². The lowest BCUT2D eigenvalue weighted by molar-refractivity contribution is 0.630. The van der Waals surface area contributed by atoms with E-state index < -0.39 is 5.92 Å². The summed E-state index contributed by atoms with van der Waals surface area (Å²) in [5, 5.41) is 0. The number of aromatic nitrogens is 4. The molecule has 0 N–H and O–H groups in total. The minimum Gasteiger partial charge on any atom is -0.285 e. The van der Waals surface area contributed by atoms with Crippen molar-refractivity contribution in [2.75, 3.05) is 0 Å². The molecule has 2 aromatic heterocycles. The summed E-state index contributed by atoms with van der Waals surface area (Å²) in [5.74, 6) is -0.535. The average molecular weight is 491 g/mol. The lowest BCUT2D eigenvalue weighted by atomic mass is 9.90. The van der Waals surface area contributed by atoms with Gasteiger partial charge in [-0.3, -0.25) is 19.0 Å². The number of para-hydroxylation sites is 2. The smallest absolute Gasteiger partial charge is 0.275 e. The predicted molar refractivity (Wildman–Crippen MR) is 149 cm³/mol. The molecule has 0 unspecified atom stereocenters. The van der Waals surface area contributed by atoms with Crippen molar-refractivity contribution in [3.05, 3.63) is 146 Å². The van der Waals surface area contributed by atoms with Gasteiger partial charge in [-0.05, 0) is 43.7 Å². The number of benzene rings is 3. The zero-order chi connectivity index (χ0) is 26.1. The van der Waals surface area contributed by atoms with Crippen LogP contribution in [0, 0.1) is 13.8 Å². The summed E-state index contributed by atoms with van der Waals surface area (Å²) in [6, 6.07) is 29.1. The van der Waals surface area contributed by atoms with Gasteiger partial charge in [0.05, 0.1) is 22.5 Å². The van der Waals surface area contributed by atoms with Crippen LogP contribution in [-0.4, -0.2) is 18.7 Å². The molecular weight excluding hydrogens is 460 g/mol. The molecule has 0 aliphatic rings. The lowest BCUT2D eigenvalue weighted by Crippen LogP contribution is -2.25. The normalized spacial score (nSPS) is 11.6. The molecule has 186 valence electrons. The van der Waals surface area contributed by atoms with Crippen LogP contribution in [-0.2, 0) is 14.1 Å². The number of hydrogen-bond donors (Lipinski definition) is 0. The predicted octanol–water partition coefficient (Wildman–Crippen LogP) is 5.13. The van der Waals surface area contributed by atoms with E-state index in [0.717, 1.165) is 28.3 Å². The Bertz CT molecular complexity index is 1580. The Kier molecular flexibility index (Phi) is 6.40. The van der Waals surface area contributed by atoms with Gasteiger partial charge in [-0.15, -0.1) is 0 Å². The Morgan fingerprint density at radius 3 is 1.38 bits per heavy atom. The highest BCUT2D eigenvalue weighted by Crippen LogP contribution is 2.29. The standard InChI is InChI=1S/C31H30N4O2/c1-22-28(30(36)34(32(22)3)25-16-10-6-11-17-25)27(21-20-24-14-8-5-9-15-24)29-23(2)33(4)35(31(29)37)26-18-12-7-13-19-26/h5-21,27H,1-4H3/b21-20+. The van der Waals surface area contributed by atoms with E-state index in [1.165, 1.54) is 0 Å². The molecule has 6 heteroatoms. The molecule has 0 amide bonds. The highest BCUT2D eigenvalue weighted by Gasteiger charge is 2.30. The summed E-state index contributed by atoms with van der Waals surface area (Å²) in [5.41, 5.74) is 5.08. The van der Waals surface area contributed by atoms with Gasteiger partial charge >= 0.3 is 0 Å². The number of hydrogen-bond acceptors (Lipinski definition) is 2. The third-order valence-electron chi connectivity index (χ3n) is 7.10. The SMILES string of the molecule is Cc1c(C(/C=C/c2ccccc2)c2c(C)n(C)n(-c3ccccc3)c2=O)c(=O)n(-c2ccccc2)n1C. The van der Waals surface area contributed by atoms with Crippen LogP contribution in [0.3, 0.4) is 0 Å². The first kappa shape index (κ1) is 24.1. The summed E-state index contributed by atoms with van der Waals surface area (Å²) in [7, 11) is 3.76. The summed E-state index contributed by atoms with van der Waals surface area (Å²) in [6.45, 7) is 3.88. The maximum absolute atomic E-state index is 14.0. The van der Waals surface area contributed by atoms with Gasteiger partial charge in [-0.25, -0.2) is 9.36 Å². The van der Waals surface area contributed by atoms with Crippen LogP contribution < -0.4 is 11.1 Å². The van der Waals surface area contributed by atoms with Crippen molar-refractivity contribution >= 4 is 6.08 Å². The molecule has 0 fully saturated rings. The molecule has 3 aromatic carbocycles. The van der Waals surface area contributed by atoms with Gasteiger partial charge in [-0.2, -0.15) is 0 Å². The van der Waals surface area contributed by atoms with Crippen LogP contribution in [0.5, 0.6) is 0 Å². The highest BCUT2D eigenvalue weighted by atomic mass is 16.1. The first-order valence-electron chi connectivity index (χ1n) is 12.3. The third kappa shape index (κ3) is 4.20. The van der Waals surface area contributed by atoms with Gasteiger partial charge in [0.2, 0.25) is 0 Å². The second-order valence-electron chi connectivity index (χ2n) is 9.20. The van der Waals surface area contributed by atoms with E-state index in [9.17, 15) is 9.59 Å². The fourth-order valence-corrected chi connectivity index (χ4v) is 5.00. The molecule has 0 radical (unpaired) electrons. The minimum atomic E-state index is -0.535. The van der Waals surface area contributed by atoms with Crippen molar-refractivity contribution in [1.82, 2.24) is 18.7 Å². The van der Waals surface area contributed by atoms with Crippen molar-refractivity contribution in [3.8, 4) is 11.4 Å². The Labute approximate surface area is 215 Å². The first-order chi connectivity index (χ1) is 17.9. The fourth-order valence-electron chi connectivity index (χ4n) is 5.00. The second kappa shape index (κ2) is 9.82. The topological polar surface area (TPSA) is 53.9 Å². The van der Waals surface area contributed by atoms with Crippen molar-refractivity contribution in [2.24, 2.45) is 14.1 Å². The summed E-state index contributed by atoms with van der Waals surface area (Å²) < 4.78 is 7.07. The third-order valence-corrected chi connectivity index (χ3v) is 7.10. The quantitative estimate of drug-likeness (QED) is 0.331. The molecular formula is C31H30N4O2. The van der Waals surface area contributed by atoms with Gasteiger partial charge in [0, 0.05) is 31.4 Å². The molecule has 0 aliphatic carbocycles. The van der Waals surface area contributed by atoms with E-state index in [1.54, 1.807) is 9.36 Å². The molecule has 37 heavy (non-hydrogen) atoms. The molecule has 0 saturated carbocycles. The molecule has 2 heterocycles. The maximum atomic E-state index is 14.0. The number of rotatable bonds is 6. The zero-order valence-corrected chi connectivity index (χ0v) is 21.5. The number of allylic oxidation sites excluding steroid dienone is 1. The lowest BCUT2D eigenvalue weighted by Gasteiger charge is -2.11. The van der Waals surface area contributed by atoms with E-state index in [4.69, 9.17) is 0 Å². The zero-order valence-electron chi connectivity index (χ0n) is 21.5. The molecule has 0 aliphatic heterocycles. The van der Waals surface area contributed by atoms with Crippen LogP contribution in [0.25, 0.3) is 17.5 Å². The second-order valence-corrected chi connectivity index (χ2v) is 9.20.